The second-order valence-corrected chi connectivity index (χ2v) is 17.3. The summed E-state index contributed by atoms with van der Waals surface area (Å²) >= 11 is 0. The highest BCUT2D eigenvalue weighted by Gasteiger charge is 2.40. The molecule has 2 aliphatic rings. The molecule has 0 bridgehead atoms. The van der Waals surface area contributed by atoms with Crippen LogP contribution in [0.4, 0.5) is 11.4 Å². The molecule has 0 saturated carbocycles. The molecular formula is C43H24N2O13S2. The Balaban J connectivity index is 1.04. The van der Waals surface area contributed by atoms with Gasteiger partial charge in [-0.1, -0.05) is 24.3 Å². The van der Waals surface area contributed by atoms with Crippen LogP contribution in [0.3, 0.4) is 0 Å². The Labute approximate surface area is 339 Å². The SMILES string of the molecule is O=C(O)c1ccc(S(=O)(=O)c2ccc3c(c2)C(=O)N(c2cccc(C(=O)c4cccc(N5C(=O)c6ccc(S(=O)(=O)c7ccc(C(=O)O)cc7)cc6C5=O)c4)c2)C3=O)cc1. The normalized spacial score (nSPS) is 13.7. The molecule has 0 aliphatic carbocycles. The maximum absolute atomic E-state index is 13.9. The van der Waals surface area contributed by atoms with Gasteiger partial charge < -0.3 is 10.2 Å². The van der Waals surface area contributed by atoms with Crippen molar-refractivity contribution in [3.05, 3.63) is 178 Å². The van der Waals surface area contributed by atoms with Crippen LogP contribution in [0.25, 0.3) is 0 Å². The summed E-state index contributed by atoms with van der Waals surface area (Å²) in [4.78, 5) is 91.1. The summed E-state index contributed by atoms with van der Waals surface area (Å²) in [5, 5.41) is 18.3. The summed E-state index contributed by atoms with van der Waals surface area (Å²) in [5.41, 5.74) is -0.900. The zero-order valence-corrected chi connectivity index (χ0v) is 31.9. The second kappa shape index (κ2) is 14.2. The standard InChI is InChI=1S/C43H24N2O13S2/c46-37(25-3-1-5-27(19-25)44-38(47)33-17-15-31(21-35(33)40(44)49)59(55,56)29-11-7-23(8-12-29)42(51)52)26-4-2-6-28(20-26)45-39(48)34-18-16-32(22-36(34)41(45)50)60(57,58)30-13-9-24(10-14-30)43(53)54/h1-22H,(H,51,52)(H,53,54). The van der Waals surface area contributed by atoms with Gasteiger partial charge in [0.2, 0.25) is 19.7 Å². The van der Waals surface area contributed by atoms with E-state index in [1.807, 2.05) is 0 Å². The Morgan fingerprint density at radius 1 is 0.383 bits per heavy atom. The molecule has 296 valence electrons. The molecule has 6 aromatic rings. The summed E-state index contributed by atoms with van der Waals surface area (Å²) in [6.45, 7) is 0. The third-order valence-electron chi connectivity index (χ3n) is 9.89. The summed E-state index contributed by atoms with van der Waals surface area (Å²) in [6, 6.07) is 26.7. The molecule has 0 unspecified atom stereocenters. The van der Waals surface area contributed by atoms with Gasteiger partial charge in [-0.3, -0.25) is 24.0 Å². The Hall–Kier alpha value is -7.89. The third-order valence-corrected chi connectivity index (χ3v) is 13.4. The van der Waals surface area contributed by atoms with Gasteiger partial charge in [-0.25, -0.2) is 36.2 Å². The van der Waals surface area contributed by atoms with Crippen molar-refractivity contribution in [3.8, 4) is 0 Å². The molecular weight excluding hydrogens is 817 g/mol. The number of carbonyl (C=O) groups excluding carboxylic acids is 5. The first-order valence-corrected chi connectivity index (χ1v) is 20.4. The Morgan fingerprint density at radius 2 is 0.717 bits per heavy atom. The maximum Gasteiger partial charge on any atom is 0.335 e. The molecule has 8 rings (SSSR count). The number of benzene rings is 6. The van der Waals surface area contributed by atoms with Crippen LogP contribution in [0.15, 0.2) is 153 Å². The minimum Gasteiger partial charge on any atom is -0.478 e. The van der Waals surface area contributed by atoms with E-state index >= 15 is 0 Å². The van der Waals surface area contributed by atoms with Crippen LogP contribution in [-0.4, -0.2) is 68.4 Å². The fraction of sp³-hybridized carbons (Fsp3) is 0. The summed E-state index contributed by atoms with van der Waals surface area (Å²) < 4.78 is 53.4. The third kappa shape index (κ3) is 6.34. The largest absolute Gasteiger partial charge is 0.478 e. The van der Waals surface area contributed by atoms with E-state index in [4.69, 9.17) is 10.2 Å². The van der Waals surface area contributed by atoms with Gasteiger partial charge in [0, 0.05) is 11.1 Å². The van der Waals surface area contributed by atoms with Crippen molar-refractivity contribution in [2.75, 3.05) is 9.80 Å². The fourth-order valence-electron chi connectivity index (χ4n) is 6.81. The van der Waals surface area contributed by atoms with Gasteiger partial charge in [-0.15, -0.1) is 0 Å². The average molecular weight is 841 g/mol. The van der Waals surface area contributed by atoms with Gasteiger partial charge in [0.15, 0.2) is 5.78 Å². The quantitative estimate of drug-likeness (QED) is 0.127. The molecule has 0 atom stereocenters. The Morgan fingerprint density at radius 3 is 1.07 bits per heavy atom. The van der Waals surface area contributed by atoms with Crippen LogP contribution in [0.2, 0.25) is 0 Å². The van der Waals surface area contributed by atoms with Gasteiger partial charge >= 0.3 is 11.9 Å². The molecule has 15 nitrogen and oxygen atoms in total. The molecule has 6 aromatic carbocycles. The maximum atomic E-state index is 13.9. The fourth-order valence-corrected chi connectivity index (χ4v) is 9.38. The molecule has 0 saturated heterocycles. The van der Waals surface area contributed by atoms with E-state index in [-0.39, 0.29) is 75.5 Å². The highest BCUT2D eigenvalue weighted by molar-refractivity contribution is 7.91. The van der Waals surface area contributed by atoms with Crippen molar-refractivity contribution in [3.63, 3.8) is 0 Å². The van der Waals surface area contributed by atoms with Crippen LogP contribution in [0, 0.1) is 0 Å². The molecule has 2 aliphatic heterocycles. The number of imide groups is 2. The predicted octanol–water partition coefficient (Wildman–Crippen LogP) is 5.58. The highest BCUT2D eigenvalue weighted by Crippen LogP contribution is 2.35. The first-order chi connectivity index (χ1) is 28.5. The van der Waals surface area contributed by atoms with E-state index in [0.29, 0.717) is 0 Å². The number of hydrogen-bond acceptors (Lipinski definition) is 11. The van der Waals surface area contributed by atoms with E-state index in [9.17, 15) is 50.4 Å². The van der Waals surface area contributed by atoms with Crippen LogP contribution < -0.4 is 9.80 Å². The highest BCUT2D eigenvalue weighted by atomic mass is 32.2. The van der Waals surface area contributed by atoms with Crippen LogP contribution in [0.5, 0.6) is 0 Å². The summed E-state index contributed by atoms with van der Waals surface area (Å²) in [5.74, 6) is -6.42. The number of fused-ring (bicyclic) bond motifs is 2. The van der Waals surface area contributed by atoms with Gasteiger partial charge in [-0.05, 0) is 109 Å². The first-order valence-electron chi connectivity index (χ1n) is 17.5. The number of sulfone groups is 2. The number of hydrogen-bond donors (Lipinski definition) is 2. The van der Waals surface area contributed by atoms with Crippen molar-refractivity contribution < 1.29 is 60.6 Å². The van der Waals surface area contributed by atoms with Gasteiger partial charge in [0.25, 0.3) is 23.6 Å². The molecule has 4 amide bonds. The number of anilines is 2. The van der Waals surface area contributed by atoms with E-state index < -0.39 is 61.0 Å². The van der Waals surface area contributed by atoms with Crippen molar-refractivity contribution in [2.24, 2.45) is 0 Å². The van der Waals surface area contributed by atoms with Crippen LogP contribution in [-0.2, 0) is 19.7 Å². The summed E-state index contributed by atoms with van der Waals surface area (Å²) in [7, 11) is -8.47. The van der Waals surface area contributed by atoms with Crippen molar-refractivity contribution in [1.29, 1.82) is 0 Å². The average Bonchev–Trinajstić information content (AvgIpc) is 3.66. The topological polar surface area (TPSA) is 235 Å². The van der Waals surface area contributed by atoms with Gasteiger partial charge in [0.05, 0.1) is 64.3 Å². The minimum atomic E-state index is -4.23. The second-order valence-electron chi connectivity index (χ2n) is 13.4. The monoisotopic (exact) mass is 840 g/mol. The smallest absolute Gasteiger partial charge is 0.335 e. The number of rotatable bonds is 10. The molecule has 0 fully saturated rings. The van der Waals surface area contributed by atoms with Crippen LogP contribution >= 0.6 is 0 Å². The van der Waals surface area contributed by atoms with Crippen molar-refractivity contribution in [1.82, 2.24) is 0 Å². The van der Waals surface area contributed by atoms with E-state index in [0.717, 1.165) is 82.6 Å². The molecule has 0 aromatic heterocycles. The van der Waals surface area contributed by atoms with Gasteiger partial charge in [-0.2, -0.15) is 0 Å². The van der Waals surface area contributed by atoms with Crippen molar-refractivity contribution >= 4 is 72.4 Å². The lowest BCUT2D eigenvalue weighted by molar-refractivity contribution is 0.0686. The number of carbonyl (C=O) groups is 7. The molecule has 2 N–H and O–H groups in total. The molecule has 0 radical (unpaired) electrons. The van der Waals surface area contributed by atoms with Crippen LogP contribution in [0.1, 0.15) is 78.1 Å². The number of nitrogens with zero attached hydrogens (tertiary/aromatic N) is 2. The Bertz CT molecular complexity index is 2960. The van der Waals surface area contributed by atoms with E-state index in [2.05, 4.69) is 0 Å². The van der Waals surface area contributed by atoms with E-state index in [1.54, 1.807) is 0 Å². The Kier molecular flexibility index (Phi) is 9.21. The predicted molar refractivity (Wildman–Crippen MR) is 209 cm³/mol. The number of carboxylic acid groups (broad SMARTS) is 2. The lowest BCUT2D eigenvalue weighted by Crippen LogP contribution is -2.29. The number of carboxylic acids is 2. The lowest BCUT2D eigenvalue weighted by atomic mass is 10.0. The summed E-state index contributed by atoms with van der Waals surface area (Å²) in [6.07, 6.45) is 0. The number of ketones is 1. The molecule has 2 heterocycles. The lowest BCUT2D eigenvalue weighted by Gasteiger charge is -2.16. The number of amides is 4. The molecule has 60 heavy (non-hydrogen) atoms. The first kappa shape index (κ1) is 39.0. The van der Waals surface area contributed by atoms with Gasteiger partial charge in [0.1, 0.15) is 0 Å². The van der Waals surface area contributed by atoms with Crippen molar-refractivity contribution in [2.45, 2.75) is 19.6 Å². The molecule has 17 heteroatoms. The number of aromatic carboxylic acids is 2. The minimum absolute atomic E-state index is 0.00266. The van der Waals surface area contributed by atoms with E-state index in [1.165, 1.54) is 60.7 Å². The zero-order chi connectivity index (χ0) is 42.8. The molecule has 0 spiro atoms. The zero-order valence-electron chi connectivity index (χ0n) is 30.3.